The molecule has 2 heterocycles. The number of nitrogens with one attached hydrogen (secondary N) is 1. The first-order valence-corrected chi connectivity index (χ1v) is 14.9. The Balaban J connectivity index is 0.000000942. The standard InChI is InChI=1S/C29H39ClN8O.C2HF3O2/c1-5-11-35(12-6-2)13-14-36-15-17-37(18-16-36)22-24-7-9-25(10-8-24)29(39)34-38(21-23(3)4)28-26(30)20-32-27(19-31)33-28;3-2(4,5)1(6)7/h5-10,20,23H,1-2,11-18,21-22H2,3-4H3,(H,34,39);(H,6,7). The summed E-state index contributed by atoms with van der Waals surface area (Å²) in [5, 5.41) is 18.1. The fourth-order valence-electron chi connectivity index (χ4n) is 4.43. The summed E-state index contributed by atoms with van der Waals surface area (Å²) < 4.78 is 31.7. The van der Waals surface area contributed by atoms with Crippen LogP contribution in [0.5, 0.6) is 0 Å². The van der Waals surface area contributed by atoms with Crippen LogP contribution in [0.25, 0.3) is 0 Å². The number of carboxylic acids is 1. The van der Waals surface area contributed by atoms with Crippen molar-refractivity contribution >= 4 is 29.3 Å². The number of hydrogen-bond donors (Lipinski definition) is 2. The summed E-state index contributed by atoms with van der Waals surface area (Å²) in [6.07, 6.45) is 0.172. The van der Waals surface area contributed by atoms with Crippen LogP contribution in [-0.4, -0.2) is 107 Å². The first-order chi connectivity index (χ1) is 21.8. The van der Waals surface area contributed by atoms with Crippen molar-refractivity contribution in [1.82, 2.24) is 30.1 Å². The van der Waals surface area contributed by atoms with Gasteiger partial charge in [0.1, 0.15) is 11.1 Å². The summed E-state index contributed by atoms with van der Waals surface area (Å²) in [5.41, 5.74) is 4.59. The molecule has 1 aromatic carbocycles. The number of alkyl halides is 3. The lowest BCUT2D eigenvalue weighted by molar-refractivity contribution is -0.192. The van der Waals surface area contributed by atoms with Crippen LogP contribution in [0.4, 0.5) is 19.0 Å². The highest BCUT2D eigenvalue weighted by atomic mass is 35.5. The predicted molar refractivity (Wildman–Crippen MR) is 170 cm³/mol. The molecule has 1 aliphatic heterocycles. The number of hydrazine groups is 1. The van der Waals surface area contributed by atoms with Crippen LogP contribution in [0.1, 0.15) is 35.6 Å². The SMILES string of the molecule is C=CCN(CC=C)CCN1CCN(Cc2ccc(C(=O)NN(CC(C)C)c3nc(C#N)ncc3Cl)cc2)CC1.O=C(O)C(F)(F)F. The number of carbonyl (C=O) groups is 2. The van der Waals surface area contributed by atoms with Gasteiger partial charge < -0.3 is 5.11 Å². The number of nitriles is 1. The molecule has 46 heavy (non-hydrogen) atoms. The minimum absolute atomic E-state index is 0.00930. The number of nitrogens with zero attached hydrogens (tertiary/aromatic N) is 7. The van der Waals surface area contributed by atoms with E-state index in [0.29, 0.717) is 17.9 Å². The summed E-state index contributed by atoms with van der Waals surface area (Å²) >= 11 is 6.30. The fourth-order valence-corrected chi connectivity index (χ4v) is 4.63. The number of carboxylic acid groups (broad SMARTS) is 1. The van der Waals surface area contributed by atoms with Gasteiger partial charge >= 0.3 is 12.1 Å². The molecule has 250 valence electrons. The third-order valence-electron chi connectivity index (χ3n) is 6.70. The number of carbonyl (C=O) groups excluding carboxylic acids is 1. The minimum Gasteiger partial charge on any atom is -0.475 e. The van der Waals surface area contributed by atoms with Crippen molar-refractivity contribution in [2.24, 2.45) is 5.92 Å². The summed E-state index contributed by atoms with van der Waals surface area (Å²) in [6, 6.07) is 9.59. The van der Waals surface area contributed by atoms with Crippen molar-refractivity contribution in [2.45, 2.75) is 26.6 Å². The maximum absolute atomic E-state index is 13.1. The van der Waals surface area contributed by atoms with Crippen molar-refractivity contribution in [3.63, 3.8) is 0 Å². The largest absolute Gasteiger partial charge is 0.490 e. The third-order valence-corrected chi connectivity index (χ3v) is 6.97. The van der Waals surface area contributed by atoms with Gasteiger partial charge in [0.25, 0.3) is 5.91 Å². The van der Waals surface area contributed by atoms with E-state index in [2.05, 4.69) is 43.3 Å². The first kappa shape index (κ1) is 38.2. The lowest BCUT2D eigenvalue weighted by Gasteiger charge is -2.35. The number of rotatable bonds is 14. The van der Waals surface area contributed by atoms with Gasteiger partial charge in [0.2, 0.25) is 5.82 Å². The van der Waals surface area contributed by atoms with E-state index in [1.807, 2.05) is 56.3 Å². The molecule has 0 radical (unpaired) electrons. The lowest BCUT2D eigenvalue weighted by Crippen LogP contribution is -2.48. The van der Waals surface area contributed by atoms with Crippen LogP contribution in [0, 0.1) is 17.2 Å². The Morgan fingerprint density at radius 2 is 1.70 bits per heavy atom. The van der Waals surface area contributed by atoms with Gasteiger partial charge in [0, 0.05) is 71.0 Å². The molecule has 1 fully saturated rings. The van der Waals surface area contributed by atoms with Gasteiger partial charge in [-0.2, -0.15) is 23.4 Å². The van der Waals surface area contributed by atoms with E-state index in [9.17, 15) is 23.2 Å². The molecule has 15 heteroatoms. The quantitative estimate of drug-likeness (QED) is 0.224. The van der Waals surface area contributed by atoms with E-state index >= 15 is 0 Å². The molecular formula is C31H40ClF3N8O3. The van der Waals surface area contributed by atoms with E-state index < -0.39 is 12.1 Å². The molecule has 0 unspecified atom stereocenters. The van der Waals surface area contributed by atoms with Gasteiger partial charge in [-0.05, 0) is 23.6 Å². The van der Waals surface area contributed by atoms with E-state index in [0.717, 1.165) is 58.9 Å². The molecule has 1 aromatic heterocycles. The maximum atomic E-state index is 13.1. The average Bonchev–Trinajstić information content (AvgIpc) is 3.00. The number of anilines is 1. The second-order valence-corrected chi connectivity index (χ2v) is 11.3. The normalized spacial score (nSPS) is 13.8. The molecule has 3 rings (SSSR count). The number of halogens is 4. The van der Waals surface area contributed by atoms with Gasteiger partial charge in [-0.1, -0.05) is 49.7 Å². The second kappa shape index (κ2) is 18.8. The molecule has 1 saturated heterocycles. The summed E-state index contributed by atoms with van der Waals surface area (Å²) in [7, 11) is 0. The summed E-state index contributed by atoms with van der Waals surface area (Å²) in [6.45, 7) is 21.0. The molecule has 0 saturated carbocycles. The highest BCUT2D eigenvalue weighted by Crippen LogP contribution is 2.22. The topological polar surface area (TPSA) is 129 Å². The van der Waals surface area contributed by atoms with Crippen molar-refractivity contribution in [2.75, 3.05) is 63.9 Å². The van der Waals surface area contributed by atoms with Crippen LogP contribution in [0.15, 0.2) is 55.8 Å². The Kier molecular flexibility index (Phi) is 15.6. The number of aromatic nitrogens is 2. The Labute approximate surface area is 272 Å². The van der Waals surface area contributed by atoms with Gasteiger partial charge in [-0.3, -0.25) is 29.9 Å². The zero-order chi connectivity index (χ0) is 34.3. The molecule has 2 N–H and O–H groups in total. The minimum atomic E-state index is -5.08. The Hall–Kier alpha value is -4.03. The highest BCUT2D eigenvalue weighted by molar-refractivity contribution is 6.32. The number of benzene rings is 1. The van der Waals surface area contributed by atoms with Crippen LogP contribution in [0.2, 0.25) is 5.02 Å². The molecule has 0 aliphatic carbocycles. The van der Waals surface area contributed by atoms with Crippen LogP contribution in [0.3, 0.4) is 0 Å². The van der Waals surface area contributed by atoms with Crippen LogP contribution >= 0.6 is 11.6 Å². The molecule has 0 bridgehead atoms. The van der Waals surface area contributed by atoms with Gasteiger partial charge in [-0.15, -0.1) is 13.2 Å². The molecule has 1 amide bonds. The van der Waals surface area contributed by atoms with Crippen molar-refractivity contribution in [1.29, 1.82) is 5.26 Å². The molecule has 1 aliphatic rings. The second-order valence-electron chi connectivity index (χ2n) is 10.9. The van der Waals surface area contributed by atoms with Crippen LogP contribution in [-0.2, 0) is 11.3 Å². The molecule has 0 atom stereocenters. The van der Waals surface area contributed by atoms with Gasteiger partial charge in [-0.25, -0.2) is 9.78 Å². The zero-order valence-electron chi connectivity index (χ0n) is 26.0. The van der Waals surface area contributed by atoms with Crippen molar-refractivity contribution < 1.29 is 27.9 Å². The van der Waals surface area contributed by atoms with Crippen LogP contribution < -0.4 is 10.4 Å². The zero-order valence-corrected chi connectivity index (χ0v) is 26.8. The predicted octanol–water partition coefficient (Wildman–Crippen LogP) is 4.23. The van der Waals surface area contributed by atoms with E-state index in [4.69, 9.17) is 21.5 Å². The Bertz CT molecular complexity index is 1330. The third kappa shape index (κ3) is 13.1. The van der Waals surface area contributed by atoms with Gasteiger partial charge in [0.05, 0.1) is 6.20 Å². The Morgan fingerprint density at radius 1 is 1.13 bits per heavy atom. The van der Waals surface area contributed by atoms with E-state index in [-0.39, 0.29) is 22.7 Å². The van der Waals surface area contributed by atoms with Crippen molar-refractivity contribution in [3.05, 3.63) is 77.7 Å². The fraction of sp³-hybridized carbons (Fsp3) is 0.452. The molecule has 0 spiro atoms. The van der Waals surface area contributed by atoms with Crippen molar-refractivity contribution in [3.8, 4) is 6.07 Å². The van der Waals surface area contributed by atoms with Gasteiger partial charge in [0.15, 0.2) is 5.82 Å². The number of aliphatic carboxylic acids is 1. The summed E-state index contributed by atoms with van der Waals surface area (Å²) in [4.78, 5) is 37.4. The summed E-state index contributed by atoms with van der Waals surface area (Å²) in [5.74, 6) is -2.53. The maximum Gasteiger partial charge on any atom is 0.490 e. The monoisotopic (exact) mass is 664 g/mol. The lowest BCUT2D eigenvalue weighted by atomic mass is 10.1. The molecular weight excluding hydrogens is 625 g/mol. The first-order valence-electron chi connectivity index (χ1n) is 14.6. The molecule has 11 nitrogen and oxygen atoms in total. The molecule has 2 aromatic rings. The average molecular weight is 665 g/mol. The smallest absolute Gasteiger partial charge is 0.475 e. The van der Waals surface area contributed by atoms with E-state index in [1.165, 1.54) is 11.8 Å². The number of amides is 1. The van der Waals surface area contributed by atoms with E-state index in [1.54, 1.807) is 5.01 Å². The highest BCUT2D eigenvalue weighted by Gasteiger charge is 2.38. The number of hydrogen-bond acceptors (Lipinski definition) is 9. The Morgan fingerprint density at radius 3 is 2.20 bits per heavy atom. The number of piperazine rings is 1.